The van der Waals surface area contributed by atoms with E-state index in [0.29, 0.717) is 5.56 Å². The Balaban J connectivity index is 1.46. The molecule has 0 spiro atoms. The van der Waals surface area contributed by atoms with Crippen molar-refractivity contribution in [2.45, 2.75) is 18.4 Å². The van der Waals surface area contributed by atoms with E-state index in [9.17, 15) is 17.6 Å². The minimum atomic E-state index is -3.96. The number of nitrogens with zero attached hydrogens (tertiary/aromatic N) is 3. The maximum atomic E-state index is 13.1. The van der Waals surface area contributed by atoms with Gasteiger partial charge in [0.2, 0.25) is 0 Å². The molecular weight excluding hydrogens is 445 g/mol. The molecule has 1 heterocycles. The molecule has 10 heteroatoms. The zero-order valence-corrected chi connectivity index (χ0v) is 18.4. The van der Waals surface area contributed by atoms with Crippen LogP contribution in [-0.2, 0) is 16.6 Å². The molecule has 0 fully saturated rings. The van der Waals surface area contributed by atoms with Crippen molar-refractivity contribution < 1.29 is 17.6 Å². The summed E-state index contributed by atoms with van der Waals surface area (Å²) < 4.78 is 42.6. The summed E-state index contributed by atoms with van der Waals surface area (Å²) in [6.07, 6.45) is 3.03. The lowest BCUT2D eigenvalue weighted by Crippen LogP contribution is -2.24. The summed E-state index contributed by atoms with van der Waals surface area (Å²) in [5.74, 6) is -0.869. The predicted molar refractivity (Wildman–Crippen MR) is 121 cm³/mol. The van der Waals surface area contributed by atoms with Gasteiger partial charge in [-0.25, -0.2) is 22.5 Å². The van der Waals surface area contributed by atoms with Crippen molar-refractivity contribution in [1.82, 2.24) is 20.1 Å². The summed E-state index contributed by atoms with van der Waals surface area (Å²) in [7, 11) is -3.96. The largest absolute Gasteiger partial charge is 0.348 e. The van der Waals surface area contributed by atoms with Gasteiger partial charge in [0, 0.05) is 17.8 Å². The first kappa shape index (κ1) is 22.2. The van der Waals surface area contributed by atoms with Gasteiger partial charge >= 0.3 is 0 Å². The van der Waals surface area contributed by atoms with Crippen LogP contribution in [0.1, 0.15) is 21.5 Å². The van der Waals surface area contributed by atoms with E-state index >= 15 is 0 Å². The van der Waals surface area contributed by atoms with Gasteiger partial charge in [0.05, 0.1) is 10.6 Å². The van der Waals surface area contributed by atoms with E-state index in [0.717, 1.165) is 23.4 Å². The lowest BCUT2D eigenvalue weighted by atomic mass is 10.1. The predicted octanol–water partition coefficient (Wildman–Crippen LogP) is 3.45. The molecule has 0 unspecified atom stereocenters. The second-order valence-electron chi connectivity index (χ2n) is 7.28. The first-order valence-corrected chi connectivity index (χ1v) is 11.4. The van der Waals surface area contributed by atoms with E-state index in [2.05, 4.69) is 20.1 Å². The Hall–Kier alpha value is -4.05. The van der Waals surface area contributed by atoms with Crippen molar-refractivity contribution in [3.05, 3.63) is 102 Å². The van der Waals surface area contributed by atoms with E-state index < -0.39 is 21.7 Å². The summed E-state index contributed by atoms with van der Waals surface area (Å²) in [5.41, 5.74) is 2.81. The highest BCUT2D eigenvalue weighted by molar-refractivity contribution is 7.92. The van der Waals surface area contributed by atoms with Gasteiger partial charge in [0.15, 0.2) is 0 Å². The van der Waals surface area contributed by atoms with E-state index in [-0.39, 0.29) is 22.7 Å². The third kappa shape index (κ3) is 5.24. The number of halogens is 1. The Bertz CT molecular complexity index is 1370. The summed E-state index contributed by atoms with van der Waals surface area (Å²) in [6, 6.07) is 16.7. The smallest absolute Gasteiger partial charge is 0.261 e. The van der Waals surface area contributed by atoms with Crippen LogP contribution in [0.5, 0.6) is 0 Å². The Morgan fingerprint density at radius 3 is 2.42 bits per heavy atom. The SMILES string of the molecule is Cc1ccc(S(=O)(=O)Nc2ccc(F)cc2)cc1C(=O)NCc1ccc(-n2cncn2)cc1. The number of hydrogen-bond acceptors (Lipinski definition) is 5. The Morgan fingerprint density at radius 2 is 1.76 bits per heavy atom. The van der Waals surface area contributed by atoms with Crippen LogP contribution in [0.4, 0.5) is 10.1 Å². The van der Waals surface area contributed by atoms with E-state index in [1.54, 1.807) is 24.0 Å². The topological polar surface area (TPSA) is 106 Å². The van der Waals surface area contributed by atoms with Gasteiger partial charge in [0.1, 0.15) is 18.5 Å². The van der Waals surface area contributed by atoms with Crippen LogP contribution in [0.15, 0.2) is 84.3 Å². The highest BCUT2D eigenvalue weighted by Crippen LogP contribution is 2.20. The van der Waals surface area contributed by atoms with Gasteiger partial charge < -0.3 is 5.32 Å². The van der Waals surface area contributed by atoms with Crippen LogP contribution in [-0.4, -0.2) is 29.1 Å². The second-order valence-corrected chi connectivity index (χ2v) is 8.96. The number of hydrogen-bond donors (Lipinski definition) is 2. The molecule has 168 valence electrons. The normalized spacial score (nSPS) is 11.2. The first-order chi connectivity index (χ1) is 15.8. The average Bonchev–Trinajstić information content (AvgIpc) is 3.34. The fourth-order valence-corrected chi connectivity index (χ4v) is 4.21. The highest BCUT2D eigenvalue weighted by atomic mass is 32.2. The molecule has 1 amide bonds. The molecule has 1 aromatic heterocycles. The summed E-state index contributed by atoms with van der Waals surface area (Å²) in [4.78, 5) is 16.6. The summed E-state index contributed by atoms with van der Waals surface area (Å²) >= 11 is 0. The number of carbonyl (C=O) groups excluding carboxylic acids is 1. The van der Waals surface area contributed by atoms with Crippen LogP contribution in [0, 0.1) is 12.7 Å². The summed E-state index contributed by atoms with van der Waals surface area (Å²) in [6.45, 7) is 1.99. The summed E-state index contributed by atoms with van der Waals surface area (Å²) in [5, 5.41) is 6.88. The fraction of sp³-hybridized carbons (Fsp3) is 0.0870. The van der Waals surface area contributed by atoms with Gasteiger partial charge in [-0.05, 0) is 66.6 Å². The van der Waals surface area contributed by atoms with Gasteiger partial charge in [-0.15, -0.1) is 0 Å². The molecule has 0 aliphatic rings. The minimum Gasteiger partial charge on any atom is -0.348 e. The Morgan fingerprint density at radius 1 is 1.03 bits per heavy atom. The molecule has 33 heavy (non-hydrogen) atoms. The molecule has 0 radical (unpaired) electrons. The van der Waals surface area contributed by atoms with Crippen molar-refractivity contribution in [3.8, 4) is 5.69 Å². The molecule has 0 aliphatic heterocycles. The van der Waals surface area contributed by atoms with Crippen molar-refractivity contribution in [2.24, 2.45) is 0 Å². The molecule has 0 atom stereocenters. The third-order valence-electron chi connectivity index (χ3n) is 4.93. The van der Waals surface area contributed by atoms with Crippen molar-refractivity contribution in [1.29, 1.82) is 0 Å². The molecule has 2 N–H and O–H groups in total. The number of anilines is 1. The number of rotatable bonds is 7. The quantitative estimate of drug-likeness (QED) is 0.435. The highest BCUT2D eigenvalue weighted by Gasteiger charge is 2.18. The third-order valence-corrected chi connectivity index (χ3v) is 6.31. The lowest BCUT2D eigenvalue weighted by molar-refractivity contribution is 0.0950. The van der Waals surface area contributed by atoms with Crippen LogP contribution in [0.3, 0.4) is 0 Å². The van der Waals surface area contributed by atoms with Gasteiger partial charge in [-0.1, -0.05) is 18.2 Å². The molecular formula is C23H20FN5O3S. The Kier molecular flexibility index (Phi) is 6.18. The van der Waals surface area contributed by atoms with E-state index in [1.165, 1.54) is 30.6 Å². The Labute approximate surface area is 190 Å². The van der Waals surface area contributed by atoms with Gasteiger partial charge in [-0.2, -0.15) is 5.10 Å². The second kappa shape index (κ2) is 9.21. The van der Waals surface area contributed by atoms with Gasteiger partial charge in [-0.3, -0.25) is 9.52 Å². The number of carbonyl (C=O) groups is 1. The molecule has 0 saturated carbocycles. The maximum Gasteiger partial charge on any atom is 0.261 e. The van der Waals surface area contributed by atoms with Crippen LogP contribution in [0.25, 0.3) is 5.69 Å². The fourth-order valence-electron chi connectivity index (χ4n) is 3.13. The lowest BCUT2D eigenvalue weighted by Gasteiger charge is -2.12. The average molecular weight is 466 g/mol. The molecule has 8 nitrogen and oxygen atoms in total. The molecule has 0 saturated heterocycles. The maximum absolute atomic E-state index is 13.1. The molecule has 4 rings (SSSR count). The van der Waals surface area contributed by atoms with Crippen LogP contribution >= 0.6 is 0 Å². The number of benzene rings is 3. The van der Waals surface area contributed by atoms with Crippen LogP contribution < -0.4 is 10.0 Å². The van der Waals surface area contributed by atoms with Crippen molar-refractivity contribution in [2.75, 3.05) is 4.72 Å². The first-order valence-electron chi connectivity index (χ1n) is 9.93. The van der Waals surface area contributed by atoms with E-state index in [1.807, 2.05) is 24.3 Å². The van der Waals surface area contributed by atoms with Gasteiger partial charge in [0.25, 0.3) is 15.9 Å². The van der Waals surface area contributed by atoms with Crippen LogP contribution in [0.2, 0.25) is 0 Å². The zero-order valence-electron chi connectivity index (χ0n) is 17.6. The number of amides is 1. The number of nitrogens with one attached hydrogen (secondary N) is 2. The molecule has 3 aromatic carbocycles. The monoisotopic (exact) mass is 465 g/mol. The molecule has 0 aliphatic carbocycles. The van der Waals surface area contributed by atoms with E-state index in [4.69, 9.17) is 0 Å². The standard InChI is InChI=1S/C23H20FN5O3S/c1-16-2-11-21(33(31,32)28-19-7-5-18(24)6-8-19)12-22(16)23(30)26-13-17-3-9-20(10-4-17)29-15-25-14-27-29/h2-12,14-15,28H,13H2,1H3,(H,26,30). The number of aromatic nitrogens is 3. The minimum absolute atomic E-state index is 0.0697. The molecule has 4 aromatic rings. The number of aryl methyl sites for hydroxylation is 1. The number of sulfonamides is 1. The molecule has 0 bridgehead atoms. The van der Waals surface area contributed by atoms with Crippen molar-refractivity contribution >= 4 is 21.6 Å². The van der Waals surface area contributed by atoms with Crippen molar-refractivity contribution in [3.63, 3.8) is 0 Å². The zero-order chi connectivity index (χ0) is 23.4.